The fourth-order valence-electron chi connectivity index (χ4n) is 2.17. The Morgan fingerprint density at radius 1 is 1.04 bits per heavy atom. The van der Waals surface area contributed by atoms with Crippen LogP contribution >= 0.6 is 24.0 Å². The predicted molar refractivity (Wildman–Crippen MR) is 110 cm³/mol. The molecule has 0 aliphatic carbocycles. The van der Waals surface area contributed by atoms with Crippen LogP contribution in [0.25, 0.3) is 0 Å². The summed E-state index contributed by atoms with van der Waals surface area (Å²) in [6.45, 7) is 0.673. The summed E-state index contributed by atoms with van der Waals surface area (Å²) in [4.78, 5) is 4.34. The number of benzene rings is 2. The van der Waals surface area contributed by atoms with Crippen LogP contribution in [0.3, 0.4) is 0 Å². The van der Waals surface area contributed by atoms with Crippen molar-refractivity contribution < 1.29 is 9.47 Å². The maximum Gasteiger partial charge on any atom is 0.193 e. The largest absolute Gasteiger partial charge is 0.497 e. The van der Waals surface area contributed by atoms with E-state index in [4.69, 9.17) is 15.2 Å². The van der Waals surface area contributed by atoms with Crippen molar-refractivity contribution in [2.24, 2.45) is 10.7 Å². The first kappa shape index (κ1) is 20.1. The van der Waals surface area contributed by atoms with Gasteiger partial charge in [0.05, 0.1) is 14.2 Å². The van der Waals surface area contributed by atoms with Gasteiger partial charge in [0.15, 0.2) is 5.96 Å². The zero-order valence-electron chi connectivity index (χ0n) is 14.0. The Hall–Kier alpha value is -1.96. The molecule has 6 heteroatoms. The molecule has 2 aromatic carbocycles. The molecule has 0 saturated carbocycles. The minimum absolute atomic E-state index is 0. The van der Waals surface area contributed by atoms with Crippen molar-refractivity contribution in [2.75, 3.05) is 26.1 Å². The molecule has 24 heavy (non-hydrogen) atoms. The van der Waals surface area contributed by atoms with Gasteiger partial charge in [0.25, 0.3) is 0 Å². The van der Waals surface area contributed by atoms with E-state index in [1.807, 2.05) is 42.5 Å². The molecule has 2 aromatic rings. The Balaban J connectivity index is 0.00000288. The van der Waals surface area contributed by atoms with Gasteiger partial charge in [-0.3, -0.25) is 4.99 Å². The number of nitrogens with zero attached hydrogens (tertiary/aromatic N) is 1. The minimum Gasteiger partial charge on any atom is -0.497 e. The highest BCUT2D eigenvalue weighted by molar-refractivity contribution is 14.0. The summed E-state index contributed by atoms with van der Waals surface area (Å²) < 4.78 is 10.3. The summed E-state index contributed by atoms with van der Waals surface area (Å²) in [6.07, 6.45) is 1.87. The van der Waals surface area contributed by atoms with Crippen molar-refractivity contribution in [2.45, 2.75) is 12.8 Å². The summed E-state index contributed by atoms with van der Waals surface area (Å²) in [5.74, 6) is 2.11. The van der Waals surface area contributed by atoms with E-state index in [1.54, 1.807) is 14.2 Å². The van der Waals surface area contributed by atoms with Crippen LogP contribution in [0.4, 0.5) is 5.69 Å². The Bertz CT molecular complexity index is 645. The van der Waals surface area contributed by atoms with Crippen LogP contribution < -0.4 is 20.5 Å². The molecule has 0 heterocycles. The molecular formula is C18H24IN3O2. The van der Waals surface area contributed by atoms with E-state index in [2.05, 4.69) is 16.4 Å². The zero-order chi connectivity index (χ0) is 16.5. The molecule has 130 valence electrons. The lowest BCUT2D eigenvalue weighted by atomic mass is 10.1. The average molecular weight is 441 g/mol. The van der Waals surface area contributed by atoms with Crippen molar-refractivity contribution in [1.29, 1.82) is 0 Å². The first-order valence-electron chi connectivity index (χ1n) is 7.55. The Morgan fingerprint density at radius 3 is 2.42 bits per heavy atom. The lowest BCUT2D eigenvalue weighted by Gasteiger charge is -2.07. The first-order chi connectivity index (χ1) is 11.2. The number of halogens is 1. The molecule has 0 bridgehead atoms. The third-order valence-electron chi connectivity index (χ3n) is 3.40. The zero-order valence-corrected chi connectivity index (χ0v) is 16.3. The number of rotatable bonds is 7. The van der Waals surface area contributed by atoms with Crippen molar-refractivity contribution >= 4 is 35.6 Å². The number of methoxy groups -OCH3 is 2. The maximum atomic E-state index is 5.89. The van der Waals surface area contributed by atoms with Gasteiger partial charge in [-0.25, -0.2) is 0 Å². The van der Waals surface area contributed by atoms with E-state index in [1.165, 1.54) is 5.56 Å². The lowest BCUT2D eigenvalue weighted by Crippen LogP contribution is -2.22. The fourth-order valence-corrected chi connectivity index (χ4v) is 2.17. The van der Waals surface area contributed by atoms with Gasteiger partial charge in [0.2, 0.25) is 0 Å². The summed E-state index contributed by atoms with van der Waals surface area (Å²) in [7, 11) is 3.32. The van der Waals surface area contributed by atoms with Gasteiger partial charge in [-0.2, -0.15) is 0 Å². The smallest absolute Gasteiger partial charge is 0.193 e. The third-order valence-corrected chi connectivity index (χ3v) is 3.40. The molecule has 0 aliphatic heterocycles. The number of guanidine groups is 1. The lowest BCUT2D eigenvalue weighted by molar-refractivity contribution is 0.414. The number of aliphatic imine (C=N–C) groups is 1. The van der Waals surface area contributed by atoms with E-state index in [0.29, 0.717) is 12.5 Å². The van der Waals surface area contributed by atoms with Gasteiger partial charge in [-0.1, -0.05) is 12.1 Å². The molecule has 0 unspecified atom stereocenters. The van der Waals surface area contributed by atoms with E-state index in [-0.39, 0.29) is 24.0 Å². The summed E-state index contributed by atoms with van der Waals surface area (Å²) in [6, 6.07) is 15.6. The topological polar surface area (TPSA) is 68.9 Å². The molecular weight excluding hydrogens is 417 g/mol. The van der Waals surface area contributed by atoms with Crippen LogP contribution in [0.1, 0.15) is 12.0 Å². The van der Waals surface area contributed by atoms with Crippen molar-refractivity contribution in [3.63, 3.8) is 0 Å². The maximum absolute atomic E-state index is 5.89. The van der Waals surface area contributed by atoms with Gasteiger partial charge in [0, 0.05) is 12.2 Å². The van der Waals surface area contributed by atoms with Crippen LogP contribution in [0, 0.1) is 0 Å². The molecule has 3 N–H and O–H groups in total. The van der Waals surface area contributed by atoms with Crippen LogP contribution in [-0.4, -0.2) is 26.7 Å². The van der Waals surface area contributed by atoms with E-state index in [0.717, 1.165) is 30.0 Å². The molecule has 0 fully saturated rings. The summed E-state index contributed by atoms with van der Waals surface area (Å²) >= 11 is 0. The highest BCUT2D eigenvalue weighted by atomic mass is 127. The van der Waals surface area contributed by atoms with Crippen molar-refractivity contribution in [3.8, 4) is 11.5 Å². The van der Waals surface area contributed by atoms with Crippen molar-refractivity contribution in [3.05, 3.63) is 54.1 Å². The van der Waals surface area contributed by atoms with E-state index < -0.39 is 0 Å². The molecule has 0 saturated heterocycles. The van der Waals surface area contributed by atoms with Crippen LogP contribution in [0.2, 0.25) is 0 Å². The van der Waals surface area contributed by atoms with Gasteiger partial charge >= 0.3 is 0 Å². The Labute approximate surface area is 160 Å². The molecule has 0 aliphatic rings. The molecule has 0 aromatic heterocycles. The predicted octanol–water partition coefficient (Wildman–Crippen LogP) is 3.68. The first-order valence-corrected chi connectivity index (χ1v) is 7.55. The van der Waals surface area contributed by atoms with E-state index >= 15 is 0 Å². The highest BCUT2D eigenvalue weighted by Crippen LogP contribution is 2.15. The molecule has 0 radical (unpaired) electrons. The number of ether oxygens (including phenoxy) is 2. The Morgan fingerprint density at radius 2 is 1.75 bits per heavy atom. The summed E-state index contributed by atoms with van der Waals surface area (Å²) in [5.41, 5.74) is 8.02. The normalized spacial score (nSPS) is 10.7. The van der Waals surface area contributed by atoms with Crippen LogP contribution in [-0.2, 0) is 6.42 Å². The number of aryl methyl sites for hydroxylation is 1. The second kappa shape index (κ2) is 10.7. The summed E-state index contributed by atoms with van der Waals surface area (Å²) in [5, 5.41) is 3.06. The number of nitrogens with one attached hydrogen (secondary N) is 1. The highest BCUT2D eigenvalue weighted by Gasteiger charge is 1.98. The second-order valence-electron chi connectivity index (χ2n) is 5.08. The monoisotopic (exact) mass is 441 g/mol. The van der Waals surface area contributed by atoms with Gasteiger partial charge in [0.1, 0.15) is 11.5 Å². The van der Waals surface area contributed by atoms with Gasteiger partial charge in [-0.15, -0.1) is 24.0 Å². The quantitative estimate of drug-likeness (QED) is 0.298. The fraction of sp³-hybridized carbons (Fsp3) is 0.278. The number of anilines is 1. The van der Waals surface area contributed by atoms with Crippen LogP contribution in [0.5, 0.6) is 11.5 Å². The number of hydrogen-bond donors (Lipinski definition) is 2. The number of hydrogen-bond acceptors (Lipinski definition) is 3. The Kier molecular flexibility index (Phi) is 8.99. The van der Waals surface area contributed by atoms with Crippen LogP contribution in [0.15, 0.2) is 53.5 Å². The van der Waals surface area contributed by atoms with Gasteiger partial charge in [-0.05, 0) is 54.8 Å². The van der Waals surface area contributed by atoms with Gasteiger partial charge < -0.3 is 20.5 Å². The van der Waals surface area contributed by atoms with E-state index in [9.17, 15) is 0 Å². The average Bonchev–Trinajstić information content (AvgIpc) is 2.59. The molecule has 5 nitrogen and oxygen atoms in total. The molecule has 2 rings (SSSR count). The molecule has 0 amide bonds. The standard InChI is InChI=1S/C18H23N3O2.HI/c1-22-16-10-8-15(9-11-16)21-18(19)20-12-4-6-14-5-3-7-17(13-14)23-2;/h3,5,7-11,13H,4,6,12H2,1-2H3,(H3,19,20,21);1H. The second-order valence-corrected chi connectivity index (χ2v) is 5.08. The SMILES string of the molecule is COc1ccc(NC(N)=NCCCc2cccc(OC)c2)cc1.I. The molecule has 0 atom stereocenters. The third kappa shape index (κ3) is 6.66. The molecule has 0 spiro atoms. The minimum atomic E-state index is 0. The number of nitrogens with two attached hydrogens (primary N) is 1. The van der Waals surface area contributed by atoms with Crippen molar-refractivity contribution in [1.82, 2.24) is 0 Å².